The van der Waals surface area contributed by atoms with E-state index in [1.165, 1.54) is 23.3 Å². The van der Waals surface area contributed by atoms with Crippen LogP contribution < -0.4 is 10.2 Å². The summed E-state index contributed by atoms with van der Waals surface area (Å²) in [6, 6.07) is 18.5. The molecule has 0 atom stereocenters. The molecule has 1 aliphatic heterocycles. The van der Waals surface area contributed by atoms with Gasteiger partial charge in [0.15, 0.2) is 0 Å². The quantitative estimate of drug-likeness (QED) is 0.739. The van der Waals surface area contributed by atoms with Gasteiger partial charge >= 0.3 is 0 Å². The fraction of sp³-hybridized carbons (Fsp3) is 0.217. The Kier molecular flexibility index (Phi) is 5.33. The van der Waals surface area contributed by atoms with Crippen molar-refractivity contribution in [2.75, 3.05) is 18.0 Å². The number of carbonyl (C=O) groups excluding carboxylic acids is 1. The molecule has 4 nitrogen and oxygen atoms in total. The molecule has 1 aliphatic rings. The van der Waals surface area contributed by atoms with Crippen molar-refractivity contribution in [1.29, 1.82) is 0 Å². The van der Waals surface area contributed by atoms with E-state index in [1.54, 1.807) is 24.4 Å². The predicted octanol–water partition coefficient (Wildman–Crippen LogP) is 3.76. The number of amides is 1. The zero-order chi connectivity index (χ0) is 19.3. The third-order valence-electron chi connectivity index (χ3n) is 5.09. The van der Waals surface area contributed by atoms with Crippen molar-refractivity contribution in [3.8, 4) is 0 Å². The number of hydrogen-bond donors (Lipinski definition) is 1. The third kappa shape index (κ3) is 4.19. The molecular formula is C23H22FN3O. The minimum Gasteiger partial charge on any atom is -0.366 e. The summed E-state index contributed by atoms with van der Waals surface area (Å²) in [4.78, 5) is 18.9. The Morgan fingerprint density at radius 3 is 2.57 bits per heavy atom. The number of benzene rings is 2. The Morgan fingerprint density at radius 1 is 1.04 bits per heavy atom. The number of pyridine rings is 1. The fourth-order valence-corrected chi connectivity index (χ4v) is 3.49. The minimum atomic E-state index is -0.255. The molecule has 1 N–H and O–H groups in total. The zero-order valence-electron chi connectivity index (χ0n) is 15.6. The van der Waals surface area contributed by atoms with E-state index in [1.807, 2.05) is 6.07 Å². The summed E-state index contributed by atoms with van der Waals surface area (Å²) in [5.74, 6) is -0.452. The molecule has 0 bridgehead atoms. The Labute approximate surface area is 164 Å². The highest BCUT2D eigenvalue weighted by molar-refractivity contribution is 5.92. The molecule has 0 fully saturated rings. The average molecular weight is 375 g/mol. The van der Waals surface area contributed by atoms with Gasteiger partial charge in [0.25, 0.3) is 5.91 Å². The van der Waals surface area contributed by atoms with Crippen LogP contribution in [-0.2, 0) is 19.4 Å². The van der Waals surface area contributed by atoms with Crippen LogP contribution in [0.25, 0.3) is 0 Å². The highest BCUT2D eigenvalue weighted by Crippen LogP contribution is 2.23. The Hall–Kier alpha value is -3.21. The average Bonchev–Trinajstić information content (AvgIpc) is 2.75. The predicted molar refractivity (Wildman–Crippen MR) is 108 cm³/mol. The van der Waals surface area contributed by atoms with Crippen LogP contribution in [0.3, 0.4) is 0 Å². The molecular weight excluding hydrogens is 353 g/mol. The van der Waals surface area contributed by atoms with E-state index in [0.29, 0.717) is 18.7 Å². The number of anilines is 1. The van der Waals surface area contributed by atoms with Crippen LogP contribution in [0, 0.1) is 5.82 Å². The van der Waals surface area contributed by atoms with E-state index in [2.05, 4.69) is 39.5 Å². The van der Waals surface area contributed by atoms with Gasteiger partial charge in [-0.1, -0.05) is 36.4 Å². The molecule has 2 heterocycles. The summed E-state index contributed by atoms with van der Waals surface area (Å²) in [5, 5.41) is 2.87. The highest BCUT2D eigenvalue weighted by atomic mass is 19.1. The highest BCUT2D eigenvalue weighted by Gasteiger charge is 2.17. The van der Waals surface area contributed by atoms with Crippen molar-refractivity contribution in [2.45, 2.75) is 19.4 Å². The maximum atomic E-state index is 12.9. The van der Waals surface area contributed by atoms with E-state index in [0.717, 1.165) is 30.8 Å². The molecule has 3 aromatic rings. The van der Waals surface area contributed by atoms with Gasteiger partial charge in [-0.25, -0.2) is 9.37 Å². The number of rotatable bonds is 5. The topological polar surface area (TPSA) is 45.2 Å². The molecule has 1 amide bonds. The molecule has 1 aromatic heterocycles. The molecule has 0 radical (unpaired) electrons. The third-order valence-corrected chi connectivity index (χ3v) is 5.09. The number of carbonyl (C=O) groups is 1. The molecule has 0 saturated heterocycles. The second-order valence-electron chi connectivity index (χ2n) is 6.97. The van der Waals surface area contributed by atoms with Crippen LogP contribution in [0.1, 0.15) is 27.2 Å². The smallest absolute Gasteiger partial charge is 0.269 e. The van der Waals surface area contributed by atoms with Crippen molar-refractivity contribution in [2.24, 2.45) is 0 Å². The van der Waals surface area contributed by atoms with Crippen LogP contribution in [0.4, 0.5) is 10.1 Å². The van der Waals surface area contributed by atoms with E-state index >= 15 is 0 Å². The van der Waals surface area contributed by atoms with E-state index in [4.69, 9.17) is 0 Å². The van der Waals surface area contributed by atoms with E-state index in [-0.39, 0.29) is 11.7 Å². The maximum Gasteiger partial charge on any atom is 0.269 e. The van der Waals surface area contributed by atoms with Crippen molar-refractivity contribution < 1.29 is 9.18 Å². The first kappa shape index (κ1) is 18.2. The van der Waals surface area contributed by atoms with Crippen molar-refractivity contribution in [3.05, 3.63) is 95.1 Å². The van der Waals surface area contributed by atoms with Crippen LogP contribution >= 0.6 is 0 Å². The van der Waals surface area contributed by atoms with Crippen molar-refractivity contribution in [1.82, 2.24) is 10.3 Å². The Balaban J connectivity index is 1.33. The van der Waals surface area contributed by atoms with Gasteiger partial charge < -0.3 is 10.2 Å². The maximum absolute atomic E-state index is 12.9. The number of halogens is 1. The molecule has 5 heteroatoms. The summed E-state index contributed by atoms with van der Waals surface area (Å²) in [7, 11) is 0. The molecule has 28 heavy (non-hydrogen) atoms. The van der Waals surface area contributed by atoms with E-state index in [9.17, 15) is 9.18 Å². The molecule has 0 saturated carbocycles. The summed E-state index contributed by atoms with van der Waals surface area (Å²) < 4.78 is 12.9. The van der Waals surface area contributed by atoms with Gasteiger partial charge in [0.1, 0.15) is 11.5 Å². The Morgan fingerprint density at radius 2 is 1.82 bits per heavy atom. The number of fused-ring (bicyclic) bond motifs is 1. The molecule has 0 aliphatic carbocycles. The molecule has 142 valence electrons. The fourth-order valence-electron chi connectivity index (χ4n) is 3.49. The van der Waals surface area contributed by atoms with Gasteiger partial charge in [-0.2, -0.15) is 0 Å². The van der Waals surface area contributed by atoms with Crippen molar-refractivity contribution in [3.63, 3.8) is 0 Å². The number of hydrogen-bond acceptors (Lipinski definition) is 3. The number of nitrogens with zero attached hydrogens (tertiary/aromatic N) is 2. The molecule has 2 aromatic carbocycles. The largest absolute Gasteiger partial charge is 0.366 e. The first-order valence-electron chi connectivity index (χ1n) is 9.49. The monoisotopic (exact) mass is 375 g/mol. The number of nitrogens with one attached hydrogen (secondary N) is 1. The first-order chi connectivity index (χ1) is 13.7. The lowest BCUT2D eigenvalue weighted by Crippen LogP contribution is -2.30. The summed E-state index contributed by atoms with van der Waals surface area (Å²) in [6.45, 7) is 2.29. The van der Waals surface area contributed by atoms with Gasteiger partial charge in [-0.3, -0.25) is 4.79 Å². The normalized spacial score (nSPS) is 13.1. The molecule has 0 unspecified atom stereocenters. The molecule has 4 rings (SSSR count). The lowest BCUT2D eigenvalue weighted by Gasteiger charge is -2.30. The van der Waals surface area contributed by atoms with Crippen LogP contribution in [0.5, 0.6) is 0 Å². The SMILES string of the molecule is O=C(NCCc1ccc(F)cc1)c1ccc(N2CCc3ccccc3C2)cn1. The molecule has 0 spiro atoms. The van der Waals surface area contributed by atoms with E-state index < -0.39 is 0 Å². The van der Waals surface area contributed by atoms with Crippen LogP contribution in [0.2, 0.25) is 0 Å². The second-order valence-corrected chi connectivity index (χ2v) is 6.97. The standard InChI is InChI=1S/C23H22FN3O/c24-20-7-5-17(6-8-20)11-13-25-23(28)22-10-9-21(15-26-22)27-14-12-18-3-1-2-4-19(18)16-27/h1-10,15H,11-14,16H2,(H,25,28). The summed E-state index contributed by atoms with van der Waals surface area (Å²) in [5.41, 5.74) is 5.16. The minimum absolute atomic E-state index is 0.197. The van der Waals surface area contributed by atoms with Crippen molar-refractivity contribution >= 4 is 11.6 Å². The Bertz CT molecular complexity index is 954. The number of aromatic nitrogens is 1. The van der Waals surface area contributed by atoms with Gasteiger partial charge in [-0.05, 0) is 53.8 Å². The second kappa shape index (κ2) is 8.21. The lowest BCUT2D eigenvalue weighted by atomic mass is 10.00. The van der Waals surface area contributed by atoms with Gasteiger partial charge in [0.2, 0.25) is 0 Å². The van der Waals surface area contributed by atoms with Gasteiger partial charge in [-0.15, -0.1) is 0 Å². The zero-order valence-corrected chi connectivity index (χ0v) is 15.6. The van der Waals surface area contributed by atoms with Crippen LogP contribution in [0.15, 0.2) is 66.9 Å². The van der Waals surface area contributed by atoms with Gasteiger partial charge in [0.05, 0.1) is 11.9 Å². The first-order valence-corrected chi connectivity index (χ1v) is 9.49. The van der Waals surface area contributed by atoms with Crippen LogP contribution in [-0.4, -0.2) is 24.0 Å². The van der Waals surface area contributed by atoms with Gasteiger partial charge in [0, 0.05) is 19.6 Å². The lowest BCUT2D eigenvalue weighted by molar-refractivity contribution is 0.0949. The summed E-state index contributed by atoms with van der Waals surface area (Å²) in [6.07, 6.45) is 3.43. The summed E-state index contributed by atoms with van der Waals surface area (Å²) >= 11 is 0.